The van der Waals surface area contributed by atoms with Gasteiger partial charge in [-0.1, -0.05) is 12.1 Å². The summed E-state index contributed by atoms with van der Waals surface area (Å²) in [7, 11) is 0. The Bertz CT molecular complexity index is 598. The minimum Gasteiger partial charge on any atom is -0.480 e. The lowest BCUT2D eigenvalue weighted by atomic mass is 10.1. The second kappa shape index (κ2) is 9.00. The number of carbonyl (C=O) groups excluding carboxylic acids is 1. The lowest BCUT2D eigenvalue weighted by molar-refractivity contribution is -0.140. The van der Waals surface area contributed by atoms with Crippen molar-refractivity contribution in [1.82, 2.24) is 5.32 Å². The van der Waals surface area contributed by atoms with Gasteiger partial charge in [0, 0.05) is 0 Å². The predicted molar refractivity (Wildman–Crippen MR) is 97.3 cm³/mol. The Kier molecular flexibility index (Phi) is 7.59. The van der Waals surface area contributed by atoms with E-state index in [1.165, 1.54) is 0 Å². The maximum absolute atomic E-state index is 11.6. The molecule has 7 heteroatoms. The van der Waals surface area contributed by atoms with Crippen molar-refractivity contribution in [2.75, 3.05) is 6.73 Å². The predicted octanol–water partition coefficient (Wildman–Crippen LogP) is 3.36. The maximum atomic E-state index is 11.6. The number of ether oxygens (including phenoxy) is 3. The summed E-state index contributed by atoms with van der Waals surface area (Å²) in [4.78, 5) is 23.0. The molecule has 1 aromatic carbocycles. The van der Waals surface area contributed by atoms with Gasteiger partial charge in [-0.15, -0.1) is 0 Å². The van der Waals surface area contributed by atoms with E-state index >= 15 is 0 Å². The highest BCUT2D eigenvalue weighted by Crippen LogP contribution is 2.16. The van der Waals surface area contributed by atoms with Crippen LogP contribution >= 0.6 is 0 Å². The van der Waals surface area contributed by atoms with Gasteiger partial charge < -0.3 is 19.3 Å². The molecule has 26 heavy (non-hydrogen) atoms. The summed E-state index contributed by atoms with van der Waals surface area (Å²) in [6, 6.07) is 5.84. The van der Waals surface area contributed by atoms with E-state index in [2.05, 4.69) is 5.32 Å². The number of hydrogen-bond donors (Lipinski definition) is 2. The second-order valence-electron chi connectivity index (χ2n) is 7.91. The summed E-state index contributed by atoms with van der Waals surface area (Å²) < 4.78 is 15.7. The van der Waals surface area contributed by atoms with Gasteiger partial charge in [-0.2, -0.15) is 0 Å². The topological polar surface area (TPSA) is 94.1 Å². The number of benzene rings is 1. The van der Waals surface area contributed by atoms with Gasteiger partial charge in [-0.05, 0) is 65.7 Å². The Morgan fingerprint density at radius 1 is 1.04 bits per heavy atom. The molecule has 1 aromatic rings. The third-order valence-corrected chi connectivity index (χ3v) is 3.09. The van der Waals surface area contributed by atoms with E-state index in [0.717, 1.165) is 5.56 Å². The average molecular weight is 367 g/mol. The molecule has 7 nitrogen and oxygen atoms in total. The molecular weight excluding hydrogens is 338 g/mol. The summed E-state index contributed by atoms with van der Waals surface area (Å²) in [5.41, 5.74) is -0.194. The molecule has 0 fully saturated rings. The zero-order chi connectivity index (χ0) is 20.0. The number of carboxylic acids is 1. The van der Waals surface area contributed by atoms with Crippen LogP contribution in [0.5, 0.6) is 5.75 Å². The number of rotatable bonds is 7. The van der Waals surface area contributed by atoms with Crippen LogP contribution in [0.15, 0.2) is 24.3 Å². The lowest BCUT2D eigenvalue weighted by Gasteiger charge is -2.22. The Morgan fingerprint density at radius 2 is 1.62 bits per heavy atom. The zero-order valence-corrected chi connectivity index (χ0v) is 16.3. The molecule has 0 aliphatic carbocycles. The summed E-state index contributed by atoms with van der Waals surface area (Å²) in [5.74, 6) is -0.629. The minimum absolute atomic E-state index is 0.139. The minimum atomic E-state index is -0.961. The van der Waals surface area contributed by atoms with E-state index in [9.17, 15) is 14.7 Å². The summed E-state index contributed by atoms with van der Waals surface area (Å²) in [5, 5.41) is 12.2. The normalized spacial score (nSPS) is 13.2. The fraction of sp³-hybridized carbons (Fsp3) is 0.579. The quantitative estimate of drug-likeness (QED) is 0.433. The van der Waals surface area contributed by atoms with Crippen molar-refractivity contribution in [1.29, 1.82) is 0 Å². The molecule has 0 aliphatic heterocycles. The Labute approximate surface area is 154 Å². The molecule has 146 valence electrons. The first-order chi connectivity index (χ1) is 11.9. The summed E-state index contributed by atoms with van der Waals surface area (Å²) in [6.07, 6.45) is -0.509. The van der Waals surface area contributed by atoms with Crippen molar-refractivity contribution in [3.05, 3.63) is 29.8 Å². The Morgan fingerprint density at radius 3 is 2.08 bits per heavy atom. The van der Waals surface area contributed by atoms with Crippen LogP contribution in [-0.2, 0) is 20.7 Å². The highest BCUT2D eigenvalue weighted by Gasteiger charge is 2.20. The first kappa shape index (κ1) is 21.9. The van der Waals surface area contributed by atoms with Crippen molar-refractivity contribution in [3.8, 4) is 5.75 Å². The average Bonchev–Trinajstić information content (AvgIpc) is 2.44. The molecule has 0 radical (unpaired) electrons. The van der Waals surface area contributed by atoms with Crippen LogP contribution in [0.1, 0.15) is 47.1 Å². The van der Waals surface area contributed by atoms with Crippen LogP contribution in [0.25, 0.3) is 0 Å². The standard InChI is InChI=1S/C19H29NO6/c1-18(2,3)24-12-20-15(16(21)22)11-13-7-9-14(10-8-13)25-17(23)26-19(4,5)6/h7-10,15,20H,11-12H2,1-6H3,(H,21,22)/t15-/m1/s1. The first-order valence-electron chi connectivity index (χ1n) is 8.46. The number of nitrogens with one attached hydrogen (secondary N) is 1. The molecule has 0 spiro atoms. The monoisotopic (exact) mass is 367 g/mol. The van der Waals surface area contributed by atoms with Crippen LogP contribution in [-0.4, -0.2) is 41.2 Å². The van der Waals surface area contributed by atoms with Gasteiger partial charge in [0.05, 0.1) is 12.3 Å². The Hall–Kier alpha value is -2.12. The molecule has 0 saturated heterocycles. The molecule has 0 unspecified atom stereocenters. The molecule has 2 N–H and O–H groups in total. The van der Waals surface area contributed by atoms with Gasteiger partial charge in [0.25, 0.3) is 0 Å². The molecule has 1 rings (SSSR count). The Balaban J connectivity index is 2.60. The van der Waals surface area contributed by atoms with Gasteiger partial charge in [0.1, 0.15) is 17.4 Å². The highest BCUT2D eigenvalue weighted by atomic mass is 16.7. The third kappa shape index (κ3) is 9.39. The van der Waals surface area contributed by atoms with Crippen molar-refractivity contribution in [2.45, 2.75) is 65.2 Å². The van der Waals surface area contributed by atoms with Gasteiger partial charge in [-0.25, -0.2) is 4.79 Å². The maximum Gasteiger partial charge on any atom is 0.514 e. The van der Waals surface area contributed by atoms with Crippen LogP contribution in [0.2, 0.25) is 0 Å². The number of hydrogen-bond acceptors (Lipinski definition) is 6. The second-order valence-corrected chi connectivity index (χ2v) is 7.91. The molecule has 0 aromatic heterocycles. The molecular formula is C19H29NO6. The molecule has 0 aliphatic rings. The molecule has 0 heterocycles. The van der Waals surface area contributed by atoms with Crippen molar-refractivity contribution in [3.63, 3.8) is 0 Å². The van der Waals surface area contributed by atoms with E-state index in [1.54, 1.807) is 45.0 Å². The number of carbonyl (C=O) groups is 2. The van der Waals surface area contributed by atoms with Crippen molar-refractivity contribution < 1.29 is 28.9 Å². The lowest BCUT2D eigenvalue weighted by Crippen LogP contribution is -2.41. The number of carboxylic acid groups (broad SMARTS) is 1. The van der Waals surface area contributed by atoms with Gasteiger partial charge in [0.2, 0.25) is 0 Å². The fourth-order valence-electron chi connectivity index (χ4n) is 1.90. The highest BCUT2D eigenvalue weighted by molar-refractivity contribution is 5.74. The van der Waals surface area contributed by atoms with E-state index in [0.29, 0.717) is 5.75 Å². The van der Waals surface area contributed by atoms with E-state index in [-0.39, 0.29) is 18.8 Å². The molecule has 0 bridgehead atoms. The third-order valence-electron chi connectivity index (χ3n) is 3.09. The molecule has 1 atom stereocenters. The van der Waals surface area contributed by atoms with Crippen LogP contribution in [0.3, 0.4) is 0 Å². The molecule has 0 amide bonds. The summed E-state index contributed by atoms with van der Waals surface area (Å²) in [6.45, 7) is 11.1. The van der Waals surface area contributed by atoms with Crippen LogP contribution < -0.4 is 10.1 Å². The smallest absolute Gasteiger partial charge is 0.480 e. The van der Waals surface area contributed by atoms with Gasteiger partial charge in [0.15, 0.2) is 0 Å². The number of aliphatic carboxylic acids is 1. The van der Waals surface area contributed by atoms with Crippen molar-refractivity contribution in [2.24, 2.45) is 0 Å². The van der Waals surface area contributed by atoms with Gasteiger partial charge in [-0.3, -0.25) is 10.1 Å². The zero-order valence-electron chi connectivity index (χ0n) is 16.3. The van der Waals surface area contributed by atoms with Crippen LogP contribution in [0.4, 0.5) is 4.79 Å². The summed E-state index contributed by atoms with van der Waals surface area (Å²) >= 11 is 0. The SMILES string of the molecule is CC(C)(C)OCN[C@H](Cc1ccc(OC(=O)OC(C)(C)C)cc1)C(=O)O. The van der Waals surface area contributed by atoms with Crippen LogP contribution in [0, 0.1) is 0 Å². The molecule has 0 saturated carbocycles. The largest absolute Gasteiger partial charge is 0.514 e. The van der Waals surface area contributed by atoms with Crippen molar-refractivity contribution >= 4 is 12.1 Å². The first-order valence-corrected chi connectivity index (χ1v) is 8.46. The van der Waals surface area contributed by atoms with E-state index in [4.69, 9.17) is 14.2 Å². The van der Waals surface area contributed by atoms with E-state index < -0.39 is 23.8 Å². The van der Waals surface area contributed by atoms with Gasteiger partial charge >= 0.3 is 12.1 Å². The van der Waals surface area contributed by atoms with E-state index in [1.807, 2.05) is 20.8 Å². The fourth-order valence-corrected chi connectivity index (χ4v) is 1.90.